The van der Waals surface area contributed by atoms with Crippen molar-refractivity contribution in [1.82, 2.24) is 9.88 Å². The monoisotopic (exact) mass is 335 g/mol. The van der Waals surface area contributed by atoms with E-state index in [0.29, 0.717) is 6.04 Å². The lowest BCUT2D eigenvalue weighted by molar-refractivity contribution is 0.319. The first-order valence-electron chi connectivity index (χ1n) is 8.24. The topological polar surface area (TPSA) is 19.4 Å². The van der Waals surface area contributed by atoms with E-state index < -0.39 is 0 Å². The number of pyridine rings is 1. The summed E-state index contributed by atoms with van der Waals surface area (Å²) < 4.78 is 0. The quantitative estimate of drug-likeness (QED) is 0.685. The van der Waals surface area contributed by atoms with E-state index in [-0.39, 0.29) is 0 Å². The first-order valence-corrected chi connectivity index (χ1v) is 9.06. The summed E-state index contributed by atoms with van der Waals surface area (Å²) in [6.07, 6.45) is 0. The fourth-order valence-electron chi connectivity index (χ4n) is 2.97. The second-order valence-corrected chi connectivity index (χ2v) is 7.58. The Morgan fingerprint density at radius 3 is 2.62 bits per heavy atom. The van der Waals surface area contributed by atoms with Crippen molar-refractivity contribution in [1.29, 1.82) is 0 Å². The van der Waals surface area contributed by atoms with Crippen molar-refractivity contribution in [2.75, 3.05) is 25.5 Å². The van der Waals surface area contributed by atoms with E-state index in [4.69, 9.17) is 4.98 Å². The highest BCUT2D eigenvalue weighted by molar-refractivity contribution is 7.99. The second kappa shape index (κ2) is 6.11. The number of hydrogen-bond donors (Lipinski definition) is 0. The van der Waals surface area contributed by atoms with Crippen LogP contribution < -0.4 is 4.90 Å². The summed E-state index contributed by atoms with van der Waals surface area (Å²) in [6.45, 7) is 3.17. The number of benzene rings is 2. The molecule has 0 fully saturated rings. The van der Waals surface area contributed by atoms with Crippen molar-refractivity contribution in [3.8, 4) is 0 Å². The van der Waals surface area contributed by atoms with Gasteiger partial charge in [-0.15, -0.1) is 0 Å². The van der Waals surface area contributed by atoms with Gasteiger partial charge in [-0.2, -0.15) is 0 Å². The first kappa shape index (κ1) is 15.5. The van der Waals surface area contributed by atoms with Crippen molar-refractivity contribution in [2.24, 2.45) is 0 Å². The van der Waals surface area contributed by atoms with Crippen LogP contribution in [0.1, 0.15) is 6.92 Å². The van der Waals surface area contributed by atoms with Crippen molar-refractivity contribution in [3.63, 3.8) is 0 Å². The smallest absolute Gasteiger partial charge is 0.147 e. The minimum atomic E-state index is 0.433. The predicted octanol–water partition coefficient (Wildman–Crippen LogP) is 4.79. The molecule has 0 saturated heterocycles. The van der Waals surface area contributed by atoms with Crippen molar-refractivity contribution >= 4 is 34.2 Å². The van der Waals surface area contributed by atoms with Crippen molar-refractivity contribution < 1.29 is 0 Å². The summed E-state index contributed by atoms with van der Waals surface area (Å²) in [5.74, 6) is 1.08. The molecule has 3 nitrogen and oxygen atoms in total. The van der Waals surface area contributed by atoms with Gasteiger partial charge in [0.25, 0.3) is 0 Å². The van der Waals surface area contributed by atoms with E-state index in [2.05, 4.69) is 85.4 Å². The van der Waals surface area contributed by atoms with Crippen LogP contribution in [-0.2, 0) is 0 Å². The molecule has 122 valence electrons. The number of fused-ring (bicyclic) bond motifs is 3. The largest absolute Gasteiger partial charge is 0.323 e. The third-order valence-electron chi connectivity index (χ3n) is 4.63. The van der Waals surface area contributed by atoms with Crippen molar-refractivity contribution in [3.05, 3.63) is 54.6 Å². The van der Waals surface area contributed by atoms with Gasteiger partial charge in [-0.25, -0.2) is 4.98 Å². The normalized spacial score (nSPS) is 14.6. The molecule has 2 aromatic carbocycles. The Labute approximate surface area is 147 Å². The van der Waals surface area contributed by atoms with E-state index in [9.17, 15) is 0 Å². The molecule has 3 aromatic rings. The minimum Gasteiger partial charge on any atom is -0.323 e. The molecule has 0 amide bonds. The van der Waals surface area contributed by atoms with Gasteiger partial charge in [0, 0.05) is 22.9 Å². The van der Waals surface area contributed by atoms with Crippen LogP contribution in [0.3, 0.4) is 0 Å². The maximum atomic E-state index is 5.00. The molecule has 0 aliphatic carbocycles. The summed E-state index contributed by atoms with van der Waals surface area (Å²) >= 11 is 1.82. The Morgan fingerprint density at radius 2 is 1.79 bits per heavy atom. The highest BCUT2D eigenvalue weighted by Gasteiger charge is 2.26. The molecule has 1 unspecified atom stereocenters. The van der Waals surface area contributed by atoms with E-state index in [1.165, 1.54) is 20.9 Å². The lowest BCUT2D eigenvalue weighted by atomic mass is 10.2. The Balaban J connectivity index is 1.87. The zero-order valence-electron chi connectivity index (χ0n) is 14.2. The molecule has 0 N–H and O–H groups in total. The molecule has 4 heteroatoms. The van der Waals surface area contributed by atoms with Crippen molar-refractivity contribution in [2.45, 2.75) is 22.8 Å². The molecular weight excluding hydrogens is 314 g/mol. The molecule has 1 aliphatic heterocycles. The van der Waals surface area contributed by atoms with Gasteiger partial charge in [0.1, 0.15) is 5.82 Å². The minimum absolute atomic E-state index is 0.433. The lowest BCUT2D eigenvalue weighted by Gasteiger charge is -2.35. The Bertz CT molecular complexity index is 891. The molecule has 0 spiro atoms. The summed E-state index contributed by atoms with van der Waals surface area (Å²) in [5.41, 5.74) is 2.31. The summed E-state index contributed by atoms with van der Waals surface area (Å²) in [4.78, 5) is 12.2. The molecule has 24 heavy (non-hydrogen) atoms. The highest BCUT2D eigenvalue weighted by Crippen LogP contribution is 2.48. The van der Waals surface area contributed by atoms with Crippen LogP contribution in [0.5, 0.6) is 0 Å². The second-order valence-electron chi connectivity index (χ2n) is 6.50. The summed E-state index contributed by atoms with van der Waals surface area (Å²) in [5, 5.41) is 1.20. The fourth-order valence-corrected chi connectivity index (χ4v) is 4.07. The molecule has 2 heterocycles. The molecule has 0 bridgehead atoms. The maximum Gasteiger partial charge on any atom is 0.147 e. The summed E-state index contributed by atoms with van der Waals surface area (Å²) in [6, 6.07) is 19.7. The van der Waals surface area contributed by atoms with E-state index in [0.717, 1.165) is 17.9 Å². The molecule has 0 saturated carbocycles. The predicted molar refractivity (Wildman–Crippen MR) is 102 cm³/mol. The van der Waals surface area contributed by atoms with Crippen LogP contribution in [0.15, 0.2) is 64.4 Å². The molecule has 1 aliphatic rings. The van der Waals surface area contributed by atoms with Crippen LogP contribution in [0.25, 0.3) is 10.9 Å². The van der Waals surface area contributed by atoms with E-state index in [1.54, 1.807) is 0 Å². The fraction of sp³-hybridized carbons (Fsp3) is 0.250. The molecule has 1 aromatic heterocycles. The van der Waals surface area contributed by atoms with Crippen LogP contribution in [0.4, 0.5) is 11.5 Å². The molecule has 0 radical (unpaired) electrons. The number of likely N-dealkylation sites (N-methyl/N-ethyl adjacent to an activating group) is 1. The standard InChI is InChI=1S/C20H21N3S/c1-14(22(2)3)13-23-17-10-6-7-11-18(17)24-19-12-15-8-4-5-9-16(15)21-20(19)23/h4-12,14H,13H2,1-3H3. The summed E-state index contributed by atoms with van der Waals surface area (Å²) in [7, 11) is 4.26. The molecular formula is C20H21N3S. The van der Waals surface area contributed by atoms with Gasteiger partial charge in [-0.05, 0) is 45.3 Å². The molecule has 1 atom stereocenters. The van der Waals surface area contributed by atoms with Gasteiger partial charge >= 0.3 is 0 Å². The van der Waals surface area contributed by atoms with Gasteiger partial charge < -0.3 is 9.80 Å². The van der Waals surface area contributed by atoms with Crippen LogP contribution in [-0.4, -0.2) is 36.6 Å². The van der Waals surface area contributed by atoms with Crippen LogP contribution in [0, 0.1) is 0 Å². The Morgan fingerprint density at radius 1 is 1.04 bits per heavy atom. The van der Waals surface area contributed by atoms with Gasteiger partial charge in [-0.3, -0.25) is 0 Å². The number of anilines is 2. The maximum absolute atomic E-state index is 5.00. The van der Waals surface area contributed by atoms with E-state index >= 15 is 0 Å². The average molecular weight is 335 g/mol. The number of nitrogens with zero attached hydrogens (tertiary/aromatic N) is 3. The van der Waals surface area contributed by atoms with E-state index in [1.807, 2.05) is 11.8 Å². The third kappa shape index (κ3) is 2.66. The van der Waals surface area contributed by atoms with Gasteiger partial charge in [0.15, 0.2) is 0 Å². The van der Waals surface area contributed by atoms with Gasteiger partial charge in [-0.1, -0.05) is 42.1 Å². The number of hydrogen-bond acceptors (Lipinski definition) is 4. The van der Waals surface area contributed by atoms with Crippen LogP contribution in [0.2, 0.25) is 0 Å². The third-order valence-corrected chi connectivity index (χ3v) is 5.72. The Hall–Kier alpha value is -2.04. The zero-order valence-corrected chi connectivity index (χ0v) is 15.0. The van der Waals surface area contributed by atoms with Crippen LogP contribution >= 0.6 is 11.8 Å². The molecule has 4 rings (SSSR count). The number of para-hydroxylation sites is 2. The number of aromatic nitrogens is 1. The SMILES string of the molecule is CC(CN1c2ccccc2Sc2cc3ccccc3nc21)N(C)C. The Kier molecular flexibility index (Phi) is 3.94. The first-order chi connectivity index (χ1) is 11.6. The zero-order chi connectivity index (χ0) is 16.7. The number of rotatable bonds is 3. The van der Waals surface area contributed by atoms with Gasteiger partial charge in [0.05, 0.1) is 16.1 Å². The van der Waals surface area contributed by atoms with Gasteiger partial charge in [0.2, 0.25) is 0 Å². The average Bonchev–Trinajstić information content (AvgIpc) is 2.59. The lowest BCUT2D eigenvalue weighted by Crippen LogP contribution is -2.37. The highest BCUT2D eigenvalue weighted by atomic mass is 32.2.